The third-order valence-corrected chi connectivity index (χ3v) is 9.12. The molecule has 3 aliphatic rings. The van der Waals surface area contributed by atoms with E-state index < -0.39 is 30.4 Å². The van der Waals surface area contributed by atoms with Crippen LogP contribution in [-0.4, -0.2) is 110 Å². The highest BCUT2D eigenvalue weighted by molar-refractivity contribution is 6.30. The lowest BCUT2D eigenvalue weighted by molar-refractivity contribution is -0.135. The highest BCUT2D eigenvalue weighted by atomic mass is 35.5. The molecule has 17 heteroatoms. The second-order valence-corrected chi connectivity index (χ2v) is 12.0. The summed E-state index contributed by atoms with van der Waals surface area (Å²) in [7, 11) is 1.42. The van der Waals surface area contributed by atoms with Gasteiger partial charge in [-0.05, 0) is 36.6 Å². The minimum Gasteiger partial charge on any atom is -0.483 e. The summed E-state index contributed by atoms with van der Waals surface area (Å²) in [5, 5.41) is 20.7. The normalized spacial score (nSPS) is 23.8. The van der Waals surface area contributed by atoms with Crippen LogP contribution in [0.5, 0.6) is 5.75 Å². The maximum absolute atomic E-state index is 13.0. The van der Waals surface area contributed by atoms with Crippen molar-refractivity contribution in [3.05, 3.63) is 51.9 Å². The number of halogens is 1. The summed E-state index contributed by atoms with van der Waals surface area (Å²) in [5.41, 5.74) is 10.4. The van der Waals surface area contributed by atoms with Crippen LogP contribution in [0.1, 0.15) is 37.5 Å². The van der Waals surface area contributed by atoms with E-state index in [9.17, 15) is 14.7 Å². The quantitative estimate of drug-likeness (QED) is 0.166. The Kier molecular flexibility index (Phi) is 9.70. The summed E-state index contributed by atoms with van der Waals surface area (Å²) in [4.78, 5) is 45.5. The second-order valence-electron chi connectivity index (χ2n) is 11.5. The number of carbonyl (C=O) groups is 2. The predicted octanol–water partition coefficient (Wildman–Crippen LogP) is 2.24. The number of ether oxygens (including phenoxy) is 2. The molecule has 2 aromatic heterocycles. The number of azide groups is 1. The molecular weight excluding hydrogens is 618 g/mol. The molecule has 2 amide bonds. The Morgan fingerprint density at radius 3 is 2.72 bits per heavy atom. The van der Waals surface area contributed by atoms with Gasteiger partial charge in [-0.25, -0.2) is 15.0 Å². The molecule has 0 unspecified atom stereocenters. The molecule has 1 aromatic carbocycles. The van der Waals surface area contributed by atoms with Gasteiger partial charge in [0.1, 0.15) is 30.3 Å². The van der Waals surface area contributed by atoms with E-state index in [4.69, 9.17) is 26.6 Å². The number of anilines is 1. The lowest BCUT2D eigenvalue weighted by atomic mass is 10.1. The van der Waals surface area contributed by atoms with Crippen LogP contribution in [0.3, 0.4) is 0 Å². The van der Waals surface area contributed by atoms with Gasteiger partial charge in [0.25, 0.3) is 5.91 Å². The zero-order chi connectivity index (χ0) is 32.2. The number of fused-ring (bicyclic) bond motifs is 1. The van der Waals surface area contributed by atoms with Crippen LogP contribution in [-0.2, 0) is 20.9 Å². The summed E-state index contributed by atoms with van der Waals surface area (Å²) in [6.45, 7) is 3.34. The van der Waals surface area contributed by atoms with Crippen LogP contribution in [0.25, 0.3) is 21.6 Å². The molecule has 46 heavy (non-hydrogen) atoms. The minimum atomic E-state index is -1.34. The summed E-state index contributed by atoms with van der Waals surface area (Å²) in [6, 6.07) is 4.70. The second kappa shape index (κ2) is 14.1. The monoisotopic (exact) mass is 653 g/mol. The van der Waals surface area contributed by atoms with E-state index in [0.29, 0.717) is 52.4 Å². The number of amides is 2. The Morgan fingerprint density at radius 1 is 1.20 bits per heavy atom. The standard InChI is InChI=1S/C29H36ClN11O5/c1-32-28(44)25-22(37-38-31)24(43)29(46-25)41-16-36-23-26(34-15-35-27(23)41)33-13-17-12-18(30)6-7-20(17)45-14-21(42)40-10-8-39(9-11-40)19-4-2-3-5-19/h6-7,12,15-16,19,22,24-25,29,43H,2-5,8-11,13-14H2,1H3,(H,32,44)(H,33,34,35)/t22-,24+,25-,29+/m0/s1. The van der Waals surface area contributed by atoms with Crippen molar-refractivity contribution in [2.75, 3.05) is 45.2 Å². The maximum Gasteiger partial charge on any atom is 0.260 e. The Labute approximate surface area is 269 Å². The molecule has 1 saturated carbocycles. The molecule has 3 aromatic rings. The van der Waals surface area contributed by atoms with Crippen LogP contribution < -0.4 is 15.4 Å². The van der Waals surface area contributed by atoms with E-state index in [1.165, 1.54) is 50.0 Å². The van der Waals surface area contributed by atoms with E-state index in [1.54, 1.807) is 18.2 Å². The van der Waals surface area contributed by atoms with Crippen LogP contribution in [0.2, 0.25) is 5.02 Å². The fourth-order valence-electron chi connectivity index (χ4n) is 6.45. The number of hydrogen-bond acceptors (Lipinski definition) is 11. The van der Waals surface area contributed by atoms with Crippen LogP contribution >= 0.6 is 11.6 Å². The molecule has 2 aliphatic heterocycles. The van der Waals surface area contributed by atoms with Gasteiger partial charge in [0, 0.05) is 61.3 Å². The first-order valence-electron chi connectivity index (χ1n) is 15.3. The topological polar surface area (TPSA) is 196 Å². The molecule has 2 saturated heterocycles. The van der Waals surface area contributed by atoms with Gasteiger partial charge in [0.15, 0.2) is 29.8 Å². The van der Waals surface area contributed by atoms with Gasteiger partial charge in [-0.1, -0.05) is 29.6 Å². The first-order valence-corrected chi connectivity index (χ1v) is 15.7. The number of carbonyl (C=O) groups excluding carboxylic acids is 2. The first-order chi connectivity index (χ1) is 22.4. The van der Waals surface area contributed by atoms with Crippen LogP contribution in [0.4, 0.5) is 5.82 Å². The summed E-state index contributed by atoms with van der Waals surface area (Å²) < 4.78 is 13.3. The summed E-state index contributed by atoms with van der Waals surface area (Å²) in [6.07, 6.45) is 4.19. The van der Waals surface area contributed by atoms with E-state index in [2.05, 4.69) is 40.5 Å². The van der Waals surface area contributed by atoms with E-state index in [0.717, 1.165) is 13.1 Å². The number of aliphatic hydroxyl groups excluding tert-OH is 1. The number of rotatable bonds is 10. The highest BCUT2D eigenvalue weighted by Crippen LogP contribution is 2.34. The van der Waals surface area contributed by atoms with Crippen LogP contribution in [0.15, 0.2) is 36.0 Å². The van der Waals surface area contributed by atoms with Crippen molar-refractivity contribution >= 4 is 40.4 Å². The maximum atomic E-state index is 13.0. The fraction of sp³-hybridized carbons (Fsp3) is 0.552. The number of hydrogen-bond donors (Lipinski definition) is 3. The first kappa shape index (κ1) is 31.8. The van der Waals surface area contributed by atoms with Gasteiger partial charge in [-0.2, -0.15) is 0 Å². The third kappa shape index (κ3) is 6.52. The average Bonchev–Trinajstić information content (AvgIpc) is 3.83. The number of likely N-dealkylation sites (N-methyl/N-ethyl adjacent to an activating group) is 1. The van der Waals surface area contributed by atoms with Crippen molar-refractivity contribution in [1.82, 2.24) is 34.6 Å². The minimum absolute atomic E-state index is 0.0549. The van der Waals surface area contributed by atoms with Crippen molar-refractivity contribution in [3.8, 4) is 5.75 Å². The van der Waals surface area contributed by atoms with Gasteiger partial charge in [0.2, 0.25) is 5.91 Å². The molecular formula is C29H36ClN11O5. The van der Waals surface area contributed by atoms with Crippen molar-refractivity contribution in [1.29, 1.82) is 0 Å². The molecule has 0 spiro atoms. The number of benzene rings is 1. The molecule has 1 aliphatic carbocycles. The van der Waals surface area contributed by atoms with E-state index in [1.807, 2.05) is 4.90 Å². The largest absolute Gasteiger partial charge is 0.483 e. The molecule has 6 rings (SSSR count). The van der Waals surface area contributed by atoms with Gasteiger partial charge in [0.05, 0.1) is 6.33 Å². The lowest BCUT2D eigenvalue weighted by Crippen LogP contribution is -2.52. The molecule has 16 nitrogen and oxygen atoms in total. The smallest absolute Gasteiger partial charge is 0.260 e. The zero-order valence-corrected chi connectivity index (χ0v) is 26.1. The number of nitrogens with one attached hydrogen (secondary N) is 2. The number of piperazine rings is 1. The molecule has 3 N–H and O–H groups in total. The Hall–Kier alpha value is -4.21. The van der Waals surface area contributed by atoms with E-state index in [-0.39, 0.29) is 19.1 Å². The molecule has 0 bridgehead atoms. The zero-order valence-electron chi connectivity index (χ0n) is 25.3. The molecule has 0 radical (unpaired) electrons. The molecule has 244 valence electrons. The van der Waals surface area contributed by atoms with Gasteiger partial charge in [-0.3, -0.25) is 19.1 Å². The summed E-state index contributed by atoms with van der Waals surface area (Å²) >= 11 is 6.31. The molecule has 4 heterocycles. The predicted molar refractivity (Wildman–Crippen MR) is 167 cm³/mol. The number of aliphatic hydroxyl groups is 1. The fourth-order valence-corrected chi connectivity index (χ4v) is 6.64. The molecule has 3 fully saturated rings. The average molecular weight is 654 g/mol. The van der Waals surface area contributed by atoms with Crippen molar-refractivity contribution in [2.24, 2.45) is 5.11 Å². The van der Waals surface area contributed by atoms with Crippen molar-refractivity contribution in [3.63, 3.8) is 0 Å². The van der Waals surface area contributed by atoms with Crippen molar-refractivity contribution in [2.45, 2.75) is 62.7 Å². The lowest BCUT2D eigenvalue weighted by Gasteiger charge is -2.38. The molecule has 4 atom stereocenters. The van der Waals surface area contributed by atoms with Crippen LogP contribution in [0, 0.1) is 0 Å². The Morgan fingerprint density at radius 2 is 1.98 bits per heavy atom. The number of nitrogens with zero attached hydrogens (tertiary/aromatic N) is 9. The SMILES string of the molecule is CNC(=O)[C@H]1O[C@@H](n2cnc3c(NCc4cc(Cl)ccc4OCC(=O)N4CCN(C5CCCC5)CC4)ncnc32)[C@H](O)[C@@H]1N=[N+]=[N-]. The summed E-state index contributed by atoms with van der Waals surface area (Å²) in [5.74, 6) is 0.300. The number of aromatic nitrogens is 4. The number of imidazole rings is 1. The van der Waals surface area contributed by atoms with Gasteiger partial charge < -0.3 is 30.1 Å². The van der Waals surface area contributed by atoms with Gasteiger partial charge >= 0.3 is 0 Å². The Bertz CT molecular complexity index is 1620. The van der Waals surface area contributed by atoms with Crippen molar-refractivity contribution < 1.29 is 24.2 Å². The Balaban J connectivity index is 1.11. The van der Waals surface area contributed by atoms with Gasteiger partial charge in [-0.15, -0.1) is 0 Å². The third-order valence-electron chi connectivity index (χ3n) is 8.89. The van der Waals surface area contributed by atoms with E-state index >= 15 is 0 Å². The highest BCUT2D eigenvalue weighted by Gasteiger charge is 2.48.